The van der Waals surface area contributed by atoms with E-state index in [-0.39, 0.29) is 5.41 Å². The Morgan fingerprint density at radius 2 is 2.19 bits per heavy atom. The van der Waals surface area contributed by atoms with Gasteiger partial charge in [-0.25, -0.2) is 15.2 Å². The fourth-order valence-corrected chi connectivity index (χ4v) is 1.10. The normalized spacial score (nSPS) is 12.0. The second-order valence-electron chi connectivity index (χ2n) is 4.52. The Morgan fingerprint density at radius 1 is 1.56 bits per heavy atom. The third-order valence-electron chi connectivity index (χ3n) is 1.98. The molecule has 1 rings (SSSR count). The molecule has 0 radical (unpaired) electrons. The lowest BCUT2D eigenvalue weighted by Gasteiger charge is -2.13. The molecule has 1 aromatic heterocycles. The average molecular weight is 224 g/mol. The summed E-state index contributed by atoms with van der Waals surface area (Å²) in [5.74, 6) is 0.849. The van der Waals surface area contributed by atoms with E-state index < -0.39 is 6.09 Å². The molecule has 88 valence electrons. The molecule has 0 saturated heterocycles. The van der Waals surface area contributed by atoms with E-state index in [2.05, 4.69) is 15.1 Å². The maximum atomic E-state index is 10.2. The van der Waals surface area contributed by atoms with Gasteiger partial charge in [-0.3, -0.25) is 0 Å². The molecular formula is C10H16N4O2. The summed E-state index contributed by atoms with van der Waals surface area (Å²) < 4.78 is 0. The van der Waals surface area contributed by atoms with Gasteiger partial charge in [0.25, 0.3) is 0 Å². The van der Waals surface area contributed by atoms with Crippen LogP contribution < -0.4 is 5.43 Å². The van der Waals surface area contributed by atoms with Crippen molar-refractivity contribution in [1.29, 1.82) is 0 Å². The van der Waals surface area contributed by atoms with Gasteiger partial charge in [0.05, 0.1) is 6.21 Å². The molecular weight excluding hydrogens is 208 g/mol. The number of rotatable bonds is 2. The summed E-state index contributed by atoms with van der Waals surface area (Å²) in [5.41, 5.74) is 3.33. The standard InChI is InChI=1S/C10H16N4O2/c1-6-7(5-11-14-9(15)16)13-8(12-6)10(2,3)4/h5,14H,1-4H3,(H,12,13)(H,15,16)/b11-5-. The van der Waals surface area contributed by atoms with Gasteiger partial charge in [-0.1, -0.05) is 20.8 Å². The fourth-order valence-electron chi connectivity index (χ4n) is 1.10. The van der Waals surface area contributed by atoms with Crippen molar-refractivity contribution in [2.75, 3.05) is 0 Å². The molecule has 1 aromatic rings. The van der Waals surface area contributed by atoms with Gasteiger partial charge in [-0.05, 0) is 6.92 Å². The van der Waals surface area contributed by atoms with E-state index >= 15 is 0 Å². The number of carbonyl (C=O) groups is 1. The van der Waals surface area contributed by atoms with Crippen LogP contribution in [-0.4, -0.2) is 27.4 Å². The third-order valence-corrected chi connectivity index (χ3v) is 1.98. The first-order valence-electron chi connectivity index (χ1n) is 4.90. The molecule has 16 heavy (non-hydrogen) atoms. The summed E-state index contributed by atoms with van der Waals surface area (Å²) >= 11 is 0. The minimum Gasteiger partial charge on any atom is -0.464 e. The predicted molar refractivity (Wildman–Crippen MR) is 60.8 cm³/mol. The molecule has 0 spiro atoms. The minimum atomic E-state index is -1.19. The number of H-pyrrole nitrogens is 1. The lowest BCUT2D eigenvalue weighted by molar-refractivity contribution is 0.195. The van der Waals surface area contributed by atoms with Gasteiger partial charge in [0, 0.05) is 11.1 Å². The van der Waals surface area contributed by atoms with Crippen LogP contribution in [0.5, 0.6) is 0 Å². The Morgan fingerprint density at radius 3 is 2.62 bits per heavy atom. The number of carboxylic acid groups (broad SMARTS) is 1. The highest BCUT2D eigenvalue weighted by atomic mass is 16.4. The zero-order valence-corrected chi connectivity index (χ0v) is 9.83. The number of hydrazone groups is 1. The number of hydrogen-bond acceptors (Lipinski definition) is 3. The monoisotopic (exact) mass is 224 g/mol. The summed E-state index contributed by atoms with van der Waals surface area (Å²) in [6, 6.07) is 0. The highest BCUT2D eigenvalue weighted by Crippen LogP contribution is 2.19. The minimum absolute atomic E-state index is 0.0723. The Labute approximate surface area is 93.8 Å². The van der Waals surface area contributed by atoms with Crippen LogP contribution in [0.1, 0.15) is 38.0 Å². The lowest BCUT2D eigenvalue weighted by Crippen LogP contribution is -2.14. The number of aryl methyl sites for hydroxylation is 1. The van der Waals surface area contributed by atoms with Crippen LogP contribution in [0.25, 0.3) is 0 Å². The Bertz CT molecular complexity index is 415. The van der Waals surface area contributed by atoms with Crippen molar-refractivity contribution >= 4 is 12.3 Å². The molecule has 0 aliphatic carbocycles. The van der Waals surface area contributed by atoms with Crippen LogP contribution in [0.3, 0.4) is 0 Å². The molecule has 0 fully saturated rings. The Kier molecular flexibility index (Phi) is 3.31. The Balaban J connectivity index is 2.86. The number of aromatic nitrogens is 2. The van der Waals surface area contributed by atoms with Crippen LogP contribution in [0.2, 0.25) is 0 Å². The van der Waals surface area contributed by atoms with Crippen LogP contribution in [-0.2, 0) is 5.41 Å². The van der Waals surface area contributed by atoms with Gasteiger partial charge in [0.1, 0.15) is 11.5 Å². The molecule has 6 nitrogen and oxygen atoms in total. The van der Waals surface area contributed by atoms with Crippen molar-refractivity contribution in [2.45, 2.75) is 33.1 Å². The van der Waals surface area contributed by atoms with E-state index in [0.29, 0.717) is 5.69 Å². The highest BCUT2D eigenvalue weighted by Gasteiger charge is 2.18. The largest absolute Gasteiger partial charge is 0.464 e. The number of imidazole rings is 1. The first-order valence-corrected chi connectivity index (χ1v) is 4.90. The van der Waals surface area contributed by atoms with Crippen molar-refractivity contribution in [3.8, 4) is 0 Å². The van der Waals surface area contributed by atoms with Gasteiger partial charge in [-0.2, -0.15) is 5.10 Å². The first kappa shape index (κ1) is 12.2. The highest BCUT2D eigenvalue weighted by molar-refractivity contribution is 5.79. The smallest absolute Gasteiger partial charge is 0.425 e. The molecule has 3 N–H and O–H groups in total. The van der Waals surface area contributed by atoms with Crippen molar-refractivity contribution < 1.29 is 9.90 Å². The van der Waals surface area contributed by atoms with Gasteiger partial charge in [0.15, 0.2) is 0 Å². The molecule has 1 amide bonds. The topological polar surface area (TPSA) is 90.4 Å². The maximum Gasteiger partial charge on any atom is 0.425 e. The molecule has 0 unspecified atom stereocenters. The third kappa shape index (κ3) is 3.08. The number of amides is 1. The lowest BCUT2D eigenvalue weighted by atomic mass is 9.96. The fraction of sp³-hybridized carbons (Fsp3) is 0.500. The molecule has 0 aliphatic rings. The zero-order chi connectivity index (χ0) is 12.3. The van der Waals surface area contributed by atoms with Crippen LogP contribution in [0.15, 0.2) is 5.10 Å². The van der Waals surface area contributed by atoms with Crippen LogP contribution in [0, 0.1) is 6.92 Å². The predicted octanol–water partition coefficient (Wildman–Crippen LogP) is 1.62. The van der Waals surface area contributed by atoms with Crippen molar-refractivity contribution in [3.05, 3.63) is 17.2 Å². The summed E-state index contributed by atoms with van der Waals surface area (Å²) in [7, 11) is 0. The number of aromatic amines is 1. The SMILES string of the molecule is Cc1[nH]c(C(C)(C)C)nc1/C=N\NC(=O)O. The van der Waals surface area contributed by atoms with Gasteiger partial charge in [0.2, 0.25) is 0 Å². The van der Waals surface area contributed by atoms with E-state index in [9.17, 15) is 4.79 Å². The zero-order valence-electron chi connectivity index (χ0n) is 9.83. The summed E-state index contributed by atoms with van der Waals surface area (Å²) in [4.78, 5) is 17.7. The molecule has 0 atom stereocenters. The molecule has 0 aliphatic heterocycles. The second kappa shape index (κ2) is 4.34. The van der Waals surface area contributed by atoms with Gasteiger partial charge in [-0.15, -0.1) is 0 Å². The van der Waals surface area contributed by atoms with Gasteiger partial charge < -0.3 is 10.1 Å². The van der Waals surface area contributed by atoms with Crippen molar-refractivity contribution in [2.24, 2.45) is 5.10 Å². The van der Waals surface area contributed by atoms with E-state index in [1.54, 1.807) is 0 Å². The van der Waals surface area contributed by atoms with Crippen molar-refractivity contribution in [1.82, 2.24) is 15.4 Å². The van der Waals surface area contributed by atoms with E-state index in [4.69, 9.17) is 5.11 Å². The number of nitrogens with zero attached hydrogens (tertiary/aromatic N) is 2. The van der Waals surface area contributed by atoms with Crippen LogP contribution >= 0.6 is 0 Å². The molecule has 0 saturated carbocycles. The molecule has 0 aromatic carbocycles. The van der Waals surface area contributed by atoms with Gasteiger partial charge >= 0.3 is 6.09 Å². The summed E-state index contributed by atoms with van der Waals surface area (Å²) in [5, 5.41) is 11.9. The maximum absolute atomic E-state index is 10.2. The average Bonchev–Trinajstić information content (AvgIpc) is 2.46. The van der Waals surface area contributed by atoms with E-state index in [0.717, 1.165) is 11.5 Å². The van der Waals surface area contributed by atoms with Crippen molar-refractivity contribution in [3.63, 3.8) is 0 Å². The first-order chi connectivity index (χ1) is 7.30. The second-order valence-corrected chi connectivity index (χ2v) is 4.52. The Hall–Kier alpha value is -1.85. The van der Waals surface area contributed by atoms with E-state index in [1.807, 2.05) is 33.1 Å². The molecule has 1 heterocycles. The summed E-state index contributed by atoms with van der Waals surface area (Å²) in [6.07, 6.45) is 0.190. The number of nitrogens with one attached hydrogen (secondary N) is 2. The molecule has 6 heteroatoms. The number of hydrogen-bond donors (Lipinski definition) is 3. The summed E-state index contributed by atoms with van der Waals surface area (Å²) in [6.45, 7) is 8.00. The quantitative estimate of drug-likeness (QED) is 0.526. The molecule has 0 bridgehead atoms. The van der Waals surface area contributed by atoms with Crippen LogP contribution in [0.4, 0.5) is 4.79 Å². The van der Waals surface area contributed by atoms with E-state index in [1.165, 1.54) is 6.21 Å².